The molecule has 1 saturated carbocycles. The summed E-state index contributed by atoms with van der Waals surface area (Å²) in [5.74, 6) is 0. The second kappa shape index (κ2) is 4.91. The second-order valence-electron chi connectivity index (χ2n) is 6.81. The van der Waals surface area contributed by atoms with Gasteiger partial charge in [0.1, 0.15) is 0 Å². The molecule has 1 nitrogen and oxygen atoms in total. The van der Waals surface area contributed by atoms with Crippen molar-refractivity contribution in [3.05, 3.63) is 65.7 Å². The number of nitrogens with zero attached hydrogens (tertiary/aromatic N) is 1. The fourth-order valence-electron chi connectivity index (χ4n) is 4.48. The van der Waals surface area contributed by atoms with Crippen molar-refractivity contribution in [3.8, 4) is 0 Å². The van der Waals surface area contributed by atoms with Gasteiger partial charge >= 0.3 is 0 Å². The van der Waals surface area contributed by atoms with E-state index in [2.05, 4.69) is 66.4 Å². The Hall–Kier alpha value is -1.76. The van der Waals surface area contributed by atoms with Crippen LogP contribution in [0.25, 0.3) is 0 Å². The Labute approximate surface area is 127 Å². The topological polar surface area (TPSA) is 3.24 Å². The zero-order valence-electron chi connectivity index (χ0n) is 12.8. The summed E-state index contributed by atoms with van der Waals surface area (Å²) >= 11 is 0. The van der Waals surface area contributed by atoms with Crippen LogP contribution in [0, 0.1) is 0 Å². The predicted octanol–water partition coefficient (Wildman–Crippen LogP) is 4.91. The summed E-state index contributed by atoms with van der Waals surface area (Å²) in [4.78, 5) is 2.67. The van der Waals surface area contributed by atoms with Gasteiger partial charge in [0, 0.05) is 23.7 Å². The van der Waals surface area contributed by atoms with E-state index in [0.29, 0.717) is 11.5 Å². The maximum atomic E-state index is 2.67. The first-order valence-electron chi connectivity index (χ1n) is 8.19. The van der Waals surface area contributed by atoms with Crippen molar-refractivity contribution in [1.82, 2.24) is 0 Å². The number of para-hydroxylation sites is 1. The van der Waals surface area contributed by atoms with Crippen molar-refractivity contribution in [1.29, 1.82) is 0 Å². The van der Waals surface area contributed by atoms with Crippen LogP contribution < -0.4 is 4.90 Å². The third-order valence-corrected chi connectivity index (χ3v) is 5.56. The molecule has 0 radical (unpaired) electrons. The van der Waals surface area contributed by atoms with Crippen LogP contribution in [0.3, 0.4) is 0 Å². The van der Waals surface area contributed by atoms with Gasteiger partial charge in [-0.25, -0.2) is 0 Å². The molecule has 1 fully saturated rings. The largest absolute Gasteiger partial charge is 0.363 e. The number of anilines is 1. The molecule has 1 heterocycles. The fraction of sp³-hybridized carbons (Fsp3) is 0.400. The number of rotatable bonds is 2. The van der Waals surface area contributed by atoms with Gasteiger partial charge in [-0.05, 0) is 30.0 Å². The van der Waals surface area contributed by atoms with Gasteiger partial charge < -0.3 is 4.90 Å². The Morgan fingerprint density at radius 1 is 1.00 bits per heavy atom. The molecule has 2 aliphatic rings. The minimum Gasteiger partial charge on any atom is -0.363 e. The Morgan fingerprint density at radius 3 is 2.62 bits per heavy atom. The van der Waals surface area contributed by atoms with E-state index >= 15 is 0 Å². The zero-order valence-corrected chi connectivity index (χ0v) is 12.8. The van der Waals surface area contributed by atoms with Gasteiger partial charge in [0.15, 0.2) is 0 Å². The molecule has 0 amide bonds. The molecule has 2 aromatic carbocycles. The number of hydrogen-bond donors (Lipinski definition) is 0. The first kappa shape index (κ1) is 12.9. The molecule has 2 atom stereocenters. The van der Waals surface area contributed by atoms with Crippen LogP contribution in [0.2, 0.25) is 0 Å². The third-order valence-electron chi connectivity index (χ3n) is 5.56. The van der Waals surface area contributed by atoms with Crippen LogP contribution in [0.5, 0.6) is 0 Å². The monoisotopic (exact) mass is 277 g/mol. The highest BCUT2D eigenvalue weighted by atomic mass is 15.2. The highest BCUT2D eigenvalue weighted by Crippen LogP contribution is 2.52. The summed E-state index contributed by atoms with van der Waals surface area (Å²) in [6, 6.07) is 20.7. The molecular formula is C20H23N. The van der Waals surface area contributed by atoms with Crippen molar-refractivity contribution in [2.24, 2.45) is 0 Å². The number of hydrogen-bond acceptors (Lipinski definition) is 1. The summed E-state index contributed by atoms with van der Waals surface area (Å²) in [7, 11) is 0. The molecular weight excluding hydrogens is 254 g/mol. The fourth-order valence-corrected chi connectivity index (χ4v) is 4.48. The molecule has 0 saturated heterocycles. The minimum absolute atomic E-state index is 0.351. The zero-order chi connectivity index (χ0) is 14.3. The maximum absolute atomic E-state index is 2.67. The average Bonchev–Trinajstić information content (AvgIpc) is 2.78. The van der Waals surface area contributed by atoms with Gasteiger partial charge in [-0.15, -0.1) is 0 Å². The van der Waals surface area contributed by atoms with Crippen molar-refractivity contribution in [2.75, 3.05) is 4.90 Å². The minimum atomic E-state index is 0.351. The first-order valence-corrected chi connectivity index (χ1v) is 8.19. The summed E-state index contributed by atoms with van der Waals surface area (Å²) < 4.78 is 0. The predicted molar refractivity (Wildman–Crippen MR) is 88.7 cm³/mol. The standard InChI is InChI=1S/C20H23N/c1-20-14-8-7-13-19(20)21(15-16-9-3-2-4-10-16)18-12-6-5-11-17(18)20/h2-6,9-12,19H,7-8,13-15H2,1H3. The lowest BCUT2D eigenvalue weighted by Crippen LogP contribution is -2.44. The van der Waals surface area contributed by atoms with E-state index in [1.54, 1.807) is 5.56 Å². The molecule has 1 heteroatoms. The smallest absolute Gasteiger partial charge is 0.0433 e. The number of benzene rings is 2. The lowest BCUT2D eigenvalue weighted by atomic mass is 9.69. The summed E-state index contributed by atoms with van der Waals surface area (Å²) in [6.07, 6.45) is 5.41. The first-order chi connectivity index (χ1) is 10.3. The van der Waals surface area contributed by atoms with Gasteiger partial charge in [-0.3, -0.25) is 0 Å². The van der Waals surface area contributed by atoms with Crippen molar-refractivity contribution in [3.63, 3.8) is 0 Å². The molecule has 0 spiro atoms. The Morgan fingerprint density at radius 2 is 1.76 bits per heavy atom. The van der Waals surface area contributed by atoms with Crippen molar-refractivity contribution < 1.29 is 0 Å². The normalized spacial score (nSPS) is 27.3. The molecule has 0 bridgehead atoms. The molecule has 108 valence electrons. The maximum Gasteiger partial charge on any atom is 0.0433 e. The van der Waals surface area contributed by atoms with E-state index in [4.69, 9.17) is 0 Å². The molecule has 0 N–H and O–H groups in total. The Kier molecular flexibility index (Phi) is 3.02. The van der Waals surface area contributed by atoms with E-state index in [1.165, 1.54) is 36.9 Å². The van der Waals surface area contributed by atoms with Crippen LogP contribution in [0.1, 0.15) is 43.7 Å². The molecule has 21 heavy (non-hydrogen) atoms. The molecule has 1 aliphatic heterocycles. The van der Waals surface area contributed by atoms with Crippen molar-refractivity contribution in [2.45, 2.75) is 50.6 Å². The number of fused-ring (bicyclic) bond motifs is 3. The molecule has 0 aromatic heterocycles. The van der Waals surface area contributed by atoms with Crippen LogP contribution in [-0.2, 0) is 12.0 Å². The van der Waals surface area contributed by atoms with Crippen LogP contribution in [0.15, 0.2) is 54.6 Å². The van der Waals surface area contributed by atoms with E-state index < -0.39 is 0 Å². The van der Waals surface area contributed by atoms with Gasteiger partial charge in [-0.2, -0.15) is 0 Å². The van der Waals surface area contributed by atoms with Crippen LogP contribution in [0.4, 0.5) is 5.69 Å². The van der Waals surface area contributed by atoms with E-state index in [0.717, 1.165) is 6.54 Å². The lowest BCUT2D eigenvalue weighted by molar-refractivity contribution is 0.279. The SMILES string of the molecule is CC12CCCCC1N(Cc1ccccc1)c1ccccc12. The highest BCUT2D eigenvalue weighted by molar-refractivity contribution is 5.64. The van der Waals surface area contributed by atoms with Gasteiger partial charge in [0.2, 0.25) is 0 Å². The van der Waals surface area contributed by atoms with Gasteiger partial charge in [-0.1, -0.05) is 68.3 Å². The molecule has 1 aliphatic carbocycles. The van der Waals surface area contributed by atoms with E-state index in [-0.39, 0.29) is 0 Å². The van der Waals surface area contributed by atoms with E-state index in [9.17, 15) is 0 Å². The molecule has 2 aromatic rings. The quantitative estimate of drug-likeness (QED) is 0.754. The van der Waals surface area contributed by atoms with Crippen LogP contribution in [-0.4, -0.2) is 6.04 Å². The van der Waals surface area contributed by atoms with Gasteiger partial charge in [0.25, 0.3) is 0 Å². The third kappa shape index (κ3) is 1.98. The molecule has 2 unspecified atom stereocenters. The Balaban J connectivity index is 1.76. The highest BCUT2D eigenvalue weighted by Gasteiger charge is 2.48. The van der Waals surface area contributed by atoms with Crippen molar-refractivity contribution >= 4 is 5.69 Å². The molecule has 4 rings (SSSR count). The van der Waals surface area contributed by atoms with Crippen LogP contribution >= 0.6 is 0 Å². The summed E-state index contributed by atoms with van der Waals surface area (Å²) in [5, 5.41) is 0. The lowest BCUT2D eigenvalue weighted by Gasteiger charge is -2.40. The Bertz CT molecular complexity index is 633. The van der Waals surface area contributed by atoms with Gasteiger partial charge in [0.05, 0.1) is 0 Å². The van der Waals surface area contributed by atoms with E-state index in [1.807, 2.05) is 0 Å². The second-order valence-corrected chi connectivity index (χ2v) is 6.81. The average molecular weight is 277 g/mol. The summed E-state index contributed by atoms with van der Waals surface area (Å²) in [5.41, 5.74) is 4.81. The summed E-state index contributed by atoms with van der Waals surface area (Å²) in [6.45, 7) is 3.53.